The molecule has 2 aromatic heterocycles. The highest BCUT2D eigenvalue weighted by Crippen LogP contribution is 2.49. The van der Waals surface area contributed by atoms with Crippen molar-refractivity contribution in [3.05, 3.63) is 58.7 Å². The molecule has 0 aliphatic heterocycles. The molecule has 0 unspecified atom stereocenters. The fourth-order valence-corrected chi connectivity index (χ4v) is 3.76. The molecule has 4 rings (SSSR count). The van der Waals surface area contributed by atoms with Crippen LogP contribution in [0.3, 0.4) is 0 Å². The van der Waals surface area contributed by atoms with Crippen molar-refractivity contribution in [2.24, 2.45) is 0 Å². The van der Waals surface area contributed by atoms with Crippen LogP contribution in [0.4, 0.5) is 5.13 Å². The number of aromatic nitrogens is 3. The van der Waals surface area contributed by atoms with Gasteiger partial charge in [-0.1, -0.05) is 45.5 Å². The summed E-state index contributed by atoms with van der Waals surface area (Å²) in [6.45, 7) is 0. The van der Waals surface area contributed by atoms with E-state index in [9.17, 15) is 4.79 Å². The van der Waals surface area contributed by atoms with E-state index in [1.807, 2.05) is 42.5 Å². The first-order chi connectivity index (χ1) is 11.7. The number of benzene rings is 1. The van der Waals surface area contributed by atoms with Gasteiger partial charge < -0.3 is 0 Å². The average molecular weight is 401 g/mol. The van der Waals surface area contributed by atoms with E-state index in [0.29, 0.717) is 10.1 Å². The molecule has 1 saturated carbocycles. The van der Waals surface area contributed by atoms with Crippen molar-refractivity contribution in [2.75, 3.05) is 5.32 Å². The molecule has 1 fully saturated rings. The van der Waals surface area contributed by atoms with E-state index < -0.39 is 5.41 Å². The third kappa shape index (κ3) is 2.85. The highest BCUT2D eigenvalue weighted by atomic mass is 79.9. The van der Waals surface area contributed by atoms with E-state index in [-0.39, 0.29) is 5.91 Å². The summed E-state index contributed by atoms with van der Waals surface area (Å²) in [6.07, 6.45) is 3.41. The minimum atomic E-state index is -0.444. The monoisotopic (exact) mass is 400 g/mol. The largest absolute Gasteiger partial charge is 0.300 e. The zero-order chi connectivity index (χ0) is 16.6. The van der Waals surface area contributed by atoms with Gasteiger partial charge in [-0.15, -0.1) is 10.2 Å². The van der Waals surface area contributed by atoms with Gasteiger partial charge in [-0.25, -0.2) is 0 Å². The fourth-order valence-electron chi connectivity index (χ4n) is 2.64. The molecule has 1 N–H and O–H groups in total. The van der Waals surface area contributed by atoms with Gasteiger partial charge in [0.25, 0.3) is 0 Å². The Morgan fingerprint density at radius 2 is 2.04 bits per heavy atom. The maximum Gasteiger partial charge on any atom is 0.236 e. The van der Waals surface area contributed by atoms with E-state index in [1.54, 1.807) is 6.20 Å². The van der Waals surface area contributed by atoms with Gasteiger partial charge in [0.05, 0.1) is 5.41 Å². The quantitative estimate of drug-likeness (QED) is 0.717. The molecule has 120 valence electrons. The second-order valence-corrected chi connectivity index (χ2v) is 7.57. The number of hydrogen-bond donors (Lipinski definition) is 1. The van der Waals surface area contributed by atoms with Crippen molar-refractivity contribution < 1.29 is 4.79 Å². The highest BCUT2D eigenvalue weighted by Gasteiger charge is 2.51. The van der Waals surface area contributed by atoms with Crippen molar-refractivity contribution >= 4 is 38.3 Å². The van der Waals surface area contributed by atoms with Crippen LogP contribution in [0.2, 0.25) is 0 Å². The van der Waals surface area contributed by atoms with Crippen LogP contribution >= 0.6 is 27.3 Å². The lowest BCUT2D eigenvalue weighted by Gasteiger charge is -2.14. The van der Waals surface area contributed by atoms with Crippen molar-refractivity contribution in [1.82, 2.24) is 15.2 Å². The first-order valence-corrected chi connectivity index (χ1v) is 9.11. The molecule has 0 spiro atoms. The van der Waals surface area contributed by atoms with Gasteiger partial charge in [0.15, 0.2) is 5.01 Å². The van der Waals surface area contributed by atoms with Crippen molar-refractivity contribution in [3.8, 4) is 10.7 Å². The topological polar surface area (TPSA) is 67.8 Å². The molecular weight excluding hydrogens is 388 g/mol. The number of pyridine rings is 1. The number of anilines is 1. The summed E-state index contributed by atoms with van der Waals surface area (Å²) in [6, 6.07) is 13.5. The number of rotatable bonds is 4. The van der Waals surface area contributed by atoms with Gasteiger partial charge in [0.2, 0.25) is 11.0 Å². The number of hydrogen-bond acceptors (Lipinski definition) is 5. The van der Waals surface area contributed by atoms with E-state index in [1.165, 1.54) is 11.3 Å². The molecule has 7 heteroatoms. The van der Waals surface area contributed by atoms with Gasteiger partial charge in [-0.3, -0.25) is 15.1 Å². The Hall–Kier alpha value is -2.12. The molecule has 1 aromatic carbocycles. The summed E-state index contributed by atoms with van der Waals surface area (Å²) in [7, 11) is 0. The third-order valence-electron chi connectivity index (χ3n) is 4.09. The molecule has 24 heavy (non-hydrogen) atoms. The summed E-state index contributed by atoms with van der Waals surface area (Å²) >= 11 is 4.80. The molecule has 3 aromatic rings. The normalized spacial score (nSPS) is 15.0. The van der Waals surface area contributed by atoms with Crippen LogP contribution in [0.25, 0.3) is 10.7 Å². The molecule has 0 radical (unpaired) electrons. The fraction of sp³-hybridized carbons (Fsp3) is 0.176. The third-order valence-corrected chi connectivity index (χ3v) is 5.45. The van der Waals surface area contributed by atoms with Gasteiger partial charge in [0, 0.05) is 10.7 Å². The first-order valence-electron chi connectivity index (χ1n) is 7.50. The molecule has 1 aliphatic rings. The first kappa shape index (κ1) is 15.4. The Balaban J connectivity index is 1.54. The number of carbonyl (C=O) groups is 1. The number of halogens is 1. The van der Waals surface area contributed by atoms with Gasteiger partial charge >= 0.3 is 0 Å². The lowest BCUT2D eigenvalue weighted by Crippen LogP contribution is -2.27. The van der Waals surface area contributed by atoms with E-state index in [4.69, 9.17) is 0 Å². The van der Waals surface area contributed by atoms with E-state index >= 15 is 0 Å². The molecule has 5 nitrogen and oxygen atoms in total. The van der Waals surface area contributed by atoms with Crippen LogP contribution in [-0.4, -0.2) is 21.1 Å². The summed E-state index contributed by atoms with van der Waals surface area (Å²) in [5.74, 6) is -0.0238. The predicted octanol–water partition coefficient (Wildman–Crippen LogP) is 4.03. The van der Waals surface area contributed by atoms with Crippen LogP contribution in [0.1, 0.15) is 18.4 Å². The molecule has 0 bridgehead atoms. The zero-order valence-corrected chi connectivity index (χ0v) is 15.0. The van der Waals surface area contributed by atoms with Gasteiger partial charge in [0.1, 0.15) is 5.69 Å². The van der Waals surface area contributed by atoms with Crippen LogP contribution in [0.5, 0.6) is 0 Å². The van der Waals surface area contributed by atoms with Crippen LogP contribution in [0, 0.1) is 0 Å². The lowest BCUT2D eigenvalue weighted by atomic mass is 9.95. The number of nitrogens with one attached hydrogen (secondary N) is 1. The average Bonchev–Trinajstić information content (AvgIpc) is 3.30. The Morgan fingerprint density at radius 1 is 1.17 bits per heavy atom. The maximum atomic E-state index is 12.8. The minimum absolute atomic E-state index is 0.0238. The second kappa shape index (κ2) is 6.07. The van der Waals surface area contributed by atoms with E-state index in [0.717, 1.165) is 28.6 Å². The number of amides is 1. The molecule has 2 heterocycles. The summed E-state index contributed by atoms with van der Waals surface area (Å²) < 4.78 is 0.979. The summed E-state index contributed by atoms with van der Waals surface area (Å²) in [5, 5.41) is 12.3. The lowest BCUT2D eigenvalue weighted by molar-refractivity contribution is -0.118. The zero-order valence-electron chi connectivity index (χ0n) is 12.6. The maximum absolute atomic E-state index is 12.8. The van der Waals surface area contributed by atoms with E-state index in [2.05, 4.69) is 36.4 Å². The molecular formula is C17H13BrN4OS. The smallest absolute Gasteiger partial charge is 0.236 e. The Bertz CT molecular complexity index is 892. The summed E-state index contributed by atoms with van der Waals surface area (Å²) in [5.41, 5.74) is 1.34. The Morgan fingerprint density at radius 3 is 2.75 bits per heavy atom. The minimum Gasteiger partial charge on any atom is -0.300 e. The Labute approximate surface area is 151 Å². The highest BCUT2D eigenvalue weighted by molar-refractivity contribution is 9.10. The number of nitrogens with zero attached hydrogens (tertiary/aromatic N) is 3. The number of carbonyl (C=O) groups excluding carboxylic acids is 1. The SMILES string of the molecule is O=C(Nc1nnc(-c2ccccn2)s1)C1(c2cccc(Br)c2)CC1. The van der Waals surface area contributed by atoms with Crippen molar-refractivity contribution in [1.29, 1.82) is 0 Å². The molecule has 0 saturated heterocycles. The second-order valence-electron chi connectivity index (χ2n) is 5.67. The molecule has 1 amide bonds. The van der Waals surface area contributed by atoms with Gasteiger partial charge in [-0.2, -0.15) is 0 Å². The van der Waals surface area contributed by atoms with Crippen LogP contribution in [0.15, 0.2) is 53.1 Å². The molecule has 0 atom stereocenters. The standard InChI is InChI=1S/C17H13BrN4OS/c18-12-5-3-4-11(10-12)17(7-8-17)15(23)20-16-22-21-14(24-16)13-6-1-2-9-19-13/h1-6,9-10H,7-8H2,(H,20,22,23). The van der Waals surface area contributed by atoms with Gasteiger partial charge in [-0.05, 0) is 42.7 Å². The van der Waals surface area contributed by atoms with Crippen LogP contribution < -0.4 is 5.32 Å². The molecule has 1 aliphatic carbocycles. The van der Waals surface area contributed by atoms with Crippen molar-refractivity contribution in [3.63, 3.8) is 0 Å². The van der Waals surface area contributed by atoms with Crippen LogP contribution in [-0.2, 0) is 10.2 Å². The predicted molar refractivity (Wildman–Crippen MR) is 96.8 cm³/mol. The van der Waals surface area contributed by atoms with Crippen molar-refractivity contribution in [2.45, 2.75) is 18.3 Å². The summed E-state index contributed by atoms with van der Waals surface area (Å²) in [4.78, 5) is 17.0. The Kier molecular flexibility index (Phi) is 3.90.